The van der Waals surface area contributed by atoms with Crippen LogP contribution in [0.2, 0.25) is 0 Å². The van der Waals surface area contributed by atoms with E-state index in [9.17, 15) is 4.79 Å². The Balaban J connectivity index is 2.70. The van der Waals surface area contributed by atoms with Crippen molar-refractivity contribution in [2.75, 3.05) is 0 Å². The molecule has 0 aliphatic carbocycles. The molecule has 5 nitrogen and oxygen atoms in total. The van der Waals surface area contributed by atoms with Gasteiger partial charge in [-0.25, -0.2) is 9.89 Å². The Morgan fingerprint density at radius 1 is 2.00 bits per heavy atom. The SMILES string of the molecule is CC(Cn1cn[nH]c1=O)C(N)=S. The van der Waals surface area contributed by atoms with E-state index >= 15 is 0 Å². The fourth-order valence-corrected chi connectivity index (χ4v) is 0.860. The lowest BCUT2D eigenvalue weighted by molar-refractivity contribution is 0.582. The number of nitrogens with two attached hydrogens (primary N) is 1. The van der Waals surface area contributed by atoms with Crippen molar-refractivity contribution in [2.24, 2.45) is 11.7 Å². The topological polar surface area (TPSA) is 76.7 Å². The summed E-state index contributed by atoms with van der Waals surface area (Å²) >= 11 is 4.77. The number of aromatic nitrogens is 3. The zero-order valence-electron chi connectivity index (χ0n) is 6.65. The number of thiocarbonyl (C=S) groups is 1. The van der Waals surface area contributed by atoms with Crippen LogP contribution in [0.1, 0.15) is 6.92 Å². The maximum absolute atomic E-state index is 10.9. The molecule has 1 unspecified atom stereocenters. The largest absolute Gasteiger partial charge is 0.393 e. The van der Waals surface area contributed by atoms with E-state index in [0.717, 1.165) is 0 Å². The summed E-state index contributed by atoms with van der Waals surface area (Å²) < 4.78 is 1.43. The van der Waals surface area contributed by atoms with E-state index in [1.54, 1.807) is 0 Å². The van der Waals surface area contributed by atoms with E-state index in [4.69, 9.17) is 18.0 Å². The molecule has 1 atom stereocenters. The Hall–Kier alpha value is -1.17. The van der Waals surface area contributed by atoms with E-state index in [2.05, 4.69) is 10.2 Å². The van der Waals surface area contributed by atoms with Crippen molar-refractivity contribution in [3.8, 4) is 0 Å². The highest BCUT2D eigenvalue weighted by atomic mass is 32.1. The molecule has 0 aromatic carbocycles. The van der Waals surface area contributed by atoms with Gasteiger partial charge in [-0.05, 0) is 0 Å². The van der Waals surface area contributed by atoms with E-state index in [1.165, 1.54) is 10.9 Å². The summed E-state index contributed by atoms with van der Waals surface area (Å²) in [6.07, 6.45) is 1.43. The summed E-state index contributed by atoms with van der Waals surface area (Å²) in [6, 6.07) is 0. The van der Waals surface area contributed by atoms with Crippen LogP contribution in [0.5, 0.6) is 0 Å². The third kappa shape index (κ3) is 1.91. The maximum Gasteiger partial charge on any atom is 0.343 e. The molecule has 0 saturated carbocycles. The van der Waals surface area contributed by atoms with Crippen LogP contribution >= 0.6 is 12.2 Å². The molecule has 0 aliphatic rings. The van der Waals surface area contributed by atoms with Crippen LogP contribution in [0.4, 0.5) is 0 Å². The average molecular weight is 186 g/mol. The monoisotopic (exact) mass is 186 g/mol. The molecule has 12 heavy (non-hydrogen) atoms. The summed E-state index contributed by atoms with van der Waals surface area (Å²) in [5.74, 6) is 0.00954. The summed E-state index contributed by atoms with van der Waals surface area (Å²) in [4.78, 5) is 11.3. The van der Waals surface area contributed by atoms with Gasteiger partial charge in [-0.3, -0.25) is 4.57 Å². The Labute approximate surface area is 74.6 Å². The van der Waals surface area contributed by atoms with Gasteiger partial charge in [0.15, 0.2) is 0 Å². The number of hydrogen-bond acceptors (Lipinski definition) is 3. The molecule has 0 amide bonds. The second-order valence-electron chi connectivity index (χ2n) is 2.62. The van der Waals surface area contributed by atoms with Gasteiger partial charge in [0, 0.05) is 12.5 Å². The van der Waals surface area contributed by atoms with Crippen LogP contribution in [0.3, 0.4) is 0 Å². The Bertz CT molecular complexity index is 328. The van der Waals surface area contributed by atoms with E-state index in [-0.39, 0.29) is 11.6 Å². The van der Waals surface area contributed by atoms with E-state index in [1.807, 2.05) is 6.92 Å². The number of nitrogens with one attached hydrogen (secondary N) is 1. The predicted octanol–water partition coefficient (Wildman–Crippen LogP) is -0.506. The van der Waals surface area contributed by atoms with Gasteiger partial charge in [-0.1, -0.05) is 19.1 Å². The summed E-state index contributed by atoms with van der Waals surface area (Å²) in [7, 11) is 0. The number of rotatable bonds is 3. The molecule has 0 aliphatic heterocycles. The first-order valence-corrected chi connectivity index (χ1v) is 3.91. The number of hydrogen-bond donors (Lipinski definition) is 2. The lowest BCUT2D eigenvalue weighted by Gasteiger charge is -2.07. The second kappa shape index (κ2) is 3.48. The zero-order chi connectivity index (χ0) is 9.14. The summed E-state index contributed by atoms with van der Waals surface area (Å²) in [6.45, 7) is 2.34. The van der Waals surface area contributed by atoms with Crippen LogP contribution < -0.4 is 11.4 Å². The van der Waals surface area contributed by atoms with Crippen molar-refractivity contribution < 1.29 is 0 Å². The van der Waals surface area contributed by atoms with Gasteiger partial charge in [0.2, 0.25) is 0 Å². The zero-order valence-corrected chi connectivity index (χ0v) is 7.47. The highest BCUT2D eigenvalue weighted by Crippen LogP contribution is 1.97. The highest BCUT2D eigenvalue weighted by molar-refractivity contribution is 7.80. The molecule has 0 fully saturated rings. The van der Waals surface area contributed by atoms with Gasteiger partial charge in [-0.2, -0.15) is 5.10 Å². The molecular formula is C6H10N4OS. The Morgan fingerprint density at radius 2 is 2.67 bits per heavy atom. The van der Waals surface area contributed by atoms with Crippen molar-refractivity contribution in [3.63, 3.8) is 0 Å². The minimum atomic E-state index is -0.238. The van der Waals surface area contributed by atoms with Gasteiger partial charge in [0.1, 0.15) is 6.33 Å². The quantitative estimate of drug-likeness (QED) is 0.623. The molecule has 0 spiro atoms. The fraction of sp³-hybridized carbons (Fsp3) is 0.500. The molecule has 6 heteroatoms. The fourth-order valence-electron chi connectivity index (χ4n) is 0.786. The molecule has 1 aromatic rings. The van der Waals surface area contributed by atoms with Crippen LogP contribution in [-0.2, 0) is 6.54 Å². The number of nitrogens with zero attached hydrogens (tertiary/aromatic N) is 2. The minimum Gasteiger partial charge on any atom is -0.393 e. The number of H-pyrrole nitrogens is 1. The lowest BCUT2D eigenvalue weighted by Crippen LogP contribution is -2.27. The summed E-state index contributed by atoms with van der Waals surface area (Å²) in [5.41, 5.74) is 5.15. The molecule has 0 saturated heterocycles. The predicted molar refractivity (Wildman–Crippen MR) is 48.8 cm³/mol. The Morgan fingerprint density at radius 3 is 3.08 bits per heavy atom. The average Bonchev–Trinajstić information content (AvgIpc) is 2.36. The maximum atomic E-state index is 10.9. The van der Waals surface area contributed by atoms with E-state index < -0.39 is 0 Å². The molecule has 3 N–H and O–H groups in total. The molecule has 0 radical (unpaired) electrons. The first kappa shape index (κ1) is 8.92. The second-order valence-corrected chi connectivity index (χ2v) is 3.09. The molecule has 1 rings (SSSR count). The van der Waals surface area contributed by atoms with Crippen LogP contribution in [0, 0.1) is 5.92 Å². The van der Waals surface area contributed by atoms with Gasteiger partial charge < -0.3 is 5.73 Å². The molecular weight excluding hydrogens is 176 g/mol. The van der Waals surface area contributed by atoms with Gasteiger partial charge in [0.25, 0.3) is 0 Å². The highest BCUT2D eigenvalue weighted by Gasteiger charge is 2.07. The molecule has 1 heterocycles. The molecule has 0 bridgehead atoms. The smallest absolute Gasteiger partial charge is 0.343 e. The first-order chi connectivity index (χ1) is 5.61. The van der Waals surface area contributed by atoms with Gasteiger partial charge >= 0.3 is 5.69 Å². The Kier molecular flexibility index (Phi) is 2.59. The number of aromatic amines is 1. The van der Waals surface area contributed by atoms with Crippen LogP contribution in [0.25, 0.3) is 0 Å². The first-order valence-electron chi connectivity index (χ1n) is 3.50. The van der Waals surface area contributed by atoms with Crippen molar-refractivity contribution in [1.29, 1.82) is 0 Å². The van der Waals surface area contributed by atoms with Gasteiger partial charge in [0.05, 0.1) is 4.99 Å². The van der Waals surface area contributed by atoms with Crippen LogP contribution in [0.15, 0.2) is 11.1 Å². The van der Waals surface area contributed by atoms with Crippen molar-refractivity contribution >= 4 is 17.2 Å². The van der Waals surface area contributed by atoms with Crippen molar-refractivity contribution in [1.82, 2.24) is 14.8 Å². The molecule has 66 valence electrons. The standard InChI is InChI=1S/C6H10N4OS/c1-4(5(7)12)2-10-3-8-9-6(10)11/h3-4H,2H2,1H3,(H2,7,12)(H,9,11). The summed E-state index contributed by atoms with van der Waals surface area (Å²) in [5, 5.41) is 5.86. The van der Waals surface area contributed by atoms with Gasteiger partial charge in [-0.15, -0.1) is 0 Å². The third-order valence-electron chi connectivity index (χ3n) is 1.57. The van der Waals surface area contributed by atoms with Crippen molar-refractivity contribution in [2.45, 2.75) is 13.5 Å². The lowest BCUT2D eigenvalue weighted by atomic mass is 10.2. The minimum absolute atomic E-state index is 0.00954. The van der Waals surface area contributed by atoms with E-state index in [0.29, 0.717) is 11.5 Å². The van der Waals surface area contributed by atoms with Crippen LogP contribution in [-0.4, -0.2) is 19.8 Å². The molecule has 1 aromatic heterocycles. The normalized spacial score (nSPS) is 12.8. The third-order valence-corrected chi connectivity index (χ3v) is 1.98. The van der Waals surface area contributed by atoms with Crippen molar-refractivity contribution in [3.05, 3.63) is 16.8 Å².